The van der Waals surface area contributed by atoms with Gasteiger partial charge in [-0.05, 0) is 68.8 Å². The summed E-state index contributed by atoms with van der Waals surface area (Å²) in [6.45, 7) is 6.53. The van der Waals surface area contributed by atoms with Gasteiger partial charge in [-0.1, -0.05) is 0 Å². The number of ether oxygens (including phenoxy) is 3. The van der Waals surface area contributed by atoms with Crippen LogP contribution in [0, 0.1) is 11.8 Å². The zero-order valence-electron chi connectivity index (χ0n) is 17.8. The molecule has 5 aliphatic heterocycles. The van der Waals surface area contributed by atoms with E-state index >= 15 is 0 Å². The van der Waals surface area contributed by atoms with Crippen LogP contribution in [-0.2, 0) is 4.74 Å². The molecule has 6 rings (SSSR count). The molecule has 1 N–H and O–H groups in total. The number of carbonyl (C=O) groups is 1. The fraction of sp³-hybridized carbons (Fsp3) is 0.696. The average molecular weight is 416 g/mol. The van der Waals surface area contributed by atoms with Crippen LogP contribution in [0.2, 0.25) is 0 Å². The molecule has 5 atom stereocenters. The second-order valence-corrected chi connectivity index (χ2v) is 9.22. The highest BCUT2D eigenvalue weighted by Gasteiger charge is 2.41. The van der Waals surface area contributed by atoms with E-state index in [-0.39, 0.29) is 12.7 Å². The molecular formula is C23H33N3O4. The Morgan fingerprint density at radius 2 is 2.10 bits per heavy atom. The summed E-state index contributed by atoms with van der Waals surface area (Å²) in [5.41, 5.74) is 0.631. The number of amides is 1. The molecule has 7 nitrogen and oxygen atoms in total. The van der Waals surface area contributed by atoms with E-state index in [1.165, 1.54) is 38.8 Å². The number of hydrogen-bond donors (Lipinski definition) is 1. The molecule has 1 aromatic carbocycles. The Morgan fingerprint density at radius 1 is 1.20 bits per heavy atom. The van der Waals surface area contributed by atoms with Gasteiger partial charge in [0.2, 0.25) is 6.79 Å². The van der Waals surface area contributed by atoms with Crippen LogP contribution in [-0.4, -0.2) is 81.0 Å². The fourth-order valence-corrected chi connectivity index (χ4v) is 5.84. The van der Waals surface area contributed by atoms with Crippen LogP contribution < -0.4 is 14.8 Å². The third-order valence-corrected chi connectivity index (χ3v) is 7.47. The molecule has 0 saturated carbocycles. The van der Waals surface area contributed by atoms with Gasteiger partial charge in [0.05, 0.1) is 6.61 Å². The van der Waals surface area contributed by atoms with Crippen molar-refractivity contribution in [3.63, 3.8) is 0 Å². The van der Waals surface area contributed by atoms with Gasteiger partial charge < -0.3 is 19.5 Å². The summed E-state index contributed by atoms with van der Waals surface area (Å²) < 4.78 is 16.2. The van der Waals surface area contributed by atoms with Crippen LogP contribution in [0.3, 0.4) is 0 Å². The maximum Gasteiger partial charge on any atom is 0.251 e. The standard InChI is InChI=1S/C23H33N3O4/c1-28-14-19-3-2-7-25(19)12-18-13-26-8-6-16(18)9-20(26)11-24-23(27)17-4-5-21-22(10-17)30-15-29-21/h4-5,10,16,18-20H,2-3,6-9,11-15H2,1H3,(H,24,27)/t16-,18+,19-,20+/m0/s1. The van der Waals surface area contributed by atoms with E-state index in [1.807, 2.05) is 13.2 Å². The number of likely N-dealkylation sites (tertiary alicyclic amines) is 1. The van der Waals surface area contributed by atoms with E-state index in [0.29, 0.717) is 35.7 Å². The molecule has 0 aromatic heterocycles. The number of nitrogens with one attached hydrogen (secondary N) is 1. The summed E-state index contributed by atoms with van der Waals surface area (Å²) in [4.78, 5) is 17.9. The van der Waals surface area contributed by atoms with E-state index < -0.39 is 0 Å². The van der Waals surface area contributed by atoms with Crippen molar-refractivity contribution in [3.8, 4) is 11.5 Å². The van der Waals surface area contributed by atoms with E-state index in [4.69, 9.17) is 14.2 Å². The molecule has 5 aliphatic rings. The topological polar surface area (TPSA) is 63.3 Å². The highest BCUT2D eigenvalue weighted by molar-refractivity contribution is 5.94. The smallest absolute Gasteiger partial charge is 0.251 e. The van der Waals surface area contributed by atoms with Crippen molar-refractivity contribution in [1.82, 2.24) is 15.1 Å². The summed E-state index contributed by atoms with van der Waals surface area (Å²) in [6, 6.07) is 6.43. The molecule has 5 heterocycles. The van der Waals surface area contributed by atoms with Gasteiger partial charge in [-0.15, -0.1) is 0 Å². The Balaban J connectivity index is 1.13. The van der Waals surface area contributed by atoms with Gasteiger partial charge in [-0.3, -0.25) is 14.6 Å². The van der Waals surface area contributed by atoms with E-state index in [1.54, 1.807) is 12.1 Å². The molecule has 1 unspecified atom stereocenters. The van der Waals surface area contributed by atoms with Crippen molar-refractivity contribution in [2.45, 2.75) is 37.8 Å². The molecule has 1 aromatic rings. The number of methoxy groups -OCH3 is 1. The highest BCUT2D eigenvalue weighted by atomic mass is 16.7. The van der Waals surface area contributed by atoms with Crippen molar-refractivity contribution in [3.05, 3.63) is 23.8 Å². The molecule has 0 radical (unpaired) electrons. The molecule has 0 aliphatic carbocycles. The minimum Gasteiger partial charge on any atom is -0.454 e. The molecule has 30 heavy (non-hydrogen) atoms. The fourth-order valence-electron chi connectivity index (χ4n) is 5.84. The third-order valence-electron chi connectivity index (χ3n) is 7.47. The van der Waals surface area contributed by atoms with Crippen molar-refractivity contribution in [2.24, 2.45) is 11.8 Å². The van der Waals surface area contributed by atoms with Crippen molar-refractivity contribution < 1.29 is 19.0 Å². The summed E-state index contributed by atoms with van der Waals surface area (Å²) in [5.74, 6) is 2.84. The zero-order valence-corrected chi connectivity index (χ0v) is 17.8. The van der Waals surface area contributed by atoms with E-state index in [2.05, 4.69) is 15.1 Å². The maximum absolute atomic E-state index is 12.6. The predicted molar refractivity (Wildman–Crippen MR) is 113 cm³/mol. The Labute approximate surface area is 178 Å². The minimum absolute atomic E-state index is 0.0352. The number of nitrogens with zero attached hydrogens (tertiary/aromatic N) is 2. The third kappa shape index (κ3) is 4.03. The van der Waals surface area contributed by atoms with E-state index in [0.717, 1.165) is 31.5 Å². The van der Waals surface area contributed by atoms with Gasteiger partial charge in [-0.25, -0.2) is 0 Å². The first-order chi connectivity index (χ1) is 14.7. The first-order valence-corrected chi connectivity index (χ1v) is 11.4. The van der Waals surface area contributed by atoms with Gasteiger partial charge in [0.1, 0.15) is 0 Å². The van der Waals surface area contributed by atoms with Crippen LogP contribution in [0.4, 0.5) is 0 Å². The van der Waals surface area contributed by atoms with Crippen molar-refractivity contribution in [1.29, 1.82) is 0 Å². The minimum atomic E-state index is -0.0352. The lowest BCUT2D eigenvalue weighted by molar-refractivity contribution is -0.0167. The van der Waals surface area contributed by atoms with Gasteiger partial charge in [0.15, 0.2) is 11.5 Å². The van der Waals surface area contributed by atoms with Gasteiger partial charge >= 0.3 is 0 Å². The second-order valence-electron chi connectivity index (χ2n) is 9.22. The normalized spacial score (nSPS) is 32.5. The molecule has 7 heteroatoms. The number of benzene rings is 1. The van der Waals surface area contributed by atoms with Crippen LogP contribution in [0.15, 0.2) is 18.2 Å². The Kier molecular flexibility index (Phi) is 5.85. The summed E-state index contributed by atoms with van der Waals surface area (Å²) in [7, 11) is 1.81. The Hall–Kier alpha value is -1.83. The number of fused-ring (bicyclic) bond motifs is 4. The molecule has 164 valence electrons. The molecule has 0 spiro atoms. The van der Waals surface area contributed by atoms with Crippen molar-refractivity contribution in [2.75, 3.05) is 53.2 Å². The van der Waals surface area contributed by atoms with E-state index in [9.17, 15) is 4.79 Å². The first-order valence-electron chi connectivity index (χ1n) is 11.4. The summed E-state index contributed by atoms with van der Waals surface area (Å²) in [5, 5.41) is 3.15. The van der Waals surface area contributed by atoms with Crippen LogP contribution in [0.1, 0.15) is 36.0 Å². The molecular weight excluding hydrogens is 382 g/mol. The van der Waals surface area contributed by atoms with Gasteiger partial charge in [0.25, 0.3) is 5.91 Å². The van der Waals surface area contributed by atoms with Crippen LogP contribution in [0.25, 0.3) is 0 Å². The maximum atomic E-state index is 12.6. The lowest BCUT2D eigenvalue weighted by Crippen LogP contribution is -2.58. The number of piperidine rings is 3. The zero-order chi connectivity index (χ0) is 20.5. The SMILES string of the molecule is COC[C@@H]1CCCN1C[C@@H]1CN2CC[C@H]1C[C@@H]2CNC(=O)c1ccc2c(c1)OCO2. The van der Waals surface area contributed by atoms with Crippen LogP contribution >= 0.6 is 0 Å². The first kappa shape index (κ1) is 20.1. The van der Waals surface area contributed by atoms with Crippen molar-refractivity contribution >= 4 is 5.91 Å². The Morgan fingerprint density at radius 3 is 2.93 bits per heavy atom. The lowest BCUT2D eigenvalue weighted by Gasteiger charge is -2.51. The largest absolute Gasteiger partial charge is 0.454 e. The second kappa shape index (κ2) is 8.73. The molecule has 1 amide bonds. The molecule has 2 bridgehead atoms. The lowest BCUT2D eigenvalue weighted by atomic mass is 9.75. The highest BCUT2D eigenvalue weighted by Crippen LogP contribution is 2.37. The molecule has 4 saturated heterocycles. The average Bonchev–Trinajstić information content (AvgIpc) is 3.42. The number of carbonyl (C=O) groups excluding carboxylic acids is 1. The monoisotopic (exact) mass is 415 g/mol. The predicted octanol–water partition coefficient (Wildman–Crippen LogP) is 1.97. The van der Waals surface area contributed by atoms with Crippen LogP contribution in [0.5, 0.6) is 11.5 Å². The Bertz CT molecular complexity index is 773. The molecule has 4 fully saturated rings. The number of rotatable bonds is 7. The quantitative estimate of drug-likeness (QED) is 0.735. The summed E-state index contributed by atoms with van der Waals surface area (Å²) in [6.07, 6.45) is 5.04. The van der Waals surface area contributed by atoms with Gasteiger partial charge in [-0.2, -0.15) is 0 Å². The number of hydrogen-bond acceptors (Lipinski definition) is 6. The summed E-state index contributed by atoms with van der Waals surface area (Å²) >= 11 is 0. The van der Waals surface area contributed by atoms with Gasteiger partial charge in [0, 0.05) is 44.4 Å².